The van der Waals surface area contributed by atoms with Crippen molar-refractivity contribution in [2.24, 2.45) is 5.92 Å². The highest BCUT2D eigenvalue weighted by molar-refractivity contribution is 5.89. The molecule has 2 aliphatic rings. The van der Waals surface area contributed by atoms with Gasteiger partial charge in [-0.3, -0.25) is 9.59 Å². The number of hydrogen-bond donors (Lipinski definition) is 2. The van der Waals surface area contributed by atoms with Crippen molar-refractivity contribution >= 4 is 17.9 Å². The number of rotatable bonds is 5. The van der Waals surface area contributed by atoms with Crippen molar-refractivity contribution in [2.45, 2.75) is 71.1 Å². The molecule has 0 radical (unpaired) electrons. The van der Waals surface area contributed by atoms with Crippen molar-refractivity contribution in [3.63, 3.8) is 0 Å². The van der Waals surface area contributed by atoms with Crippen LogP contribution in [0.3, 0.4) is 0 Å². The molecule has 1 saturated heterocycles. The Bertz CT molecular complexity index is 520. The fourth-order valence-electron chi connectivity index (χ4n) is 2.73. The van der Waals surface area contributed by atoms with Crippen molar-refractivity contribution in [2.75, 3.05) is 13.1 Å². The first-order valence-corrected chi connectivity index (χ1v) is 8.55. The number of ether oxygens (including phenoxy) is 1. The maximum Gasteiger partial charge on any atom is 0.407 e. The van der Waals surface area contributed by atoms with Gasteiger partial charge in [-0.25, -0.2) is 4.79 Å². The third-order valence-corrected chi connectivity index (χ3v) is 4.05. The van der Waals surface area contributed by atoms with Gasteiger partial charge in [-0.05, 0) is 47.5 Å². The predicted octanol–water partition coefficient (Wildman–Crippen LogP) is 1.42. The van der Waals surface area contributed by atoms with E-state index in [0.717, 1.165) is 12.8 Å². The molecule has 0 bridgehead atoms. The molecule has 0 spiro atoms. The summed E-state index contributed by atoms with van der Waals surface area (Å²) in [6, 6.07) is 0.345. The van der Waals surface area contributed by atoms with Crippen molar-refractivity contribution < 1.29 is 19.1 Å². The highest BCUT2D eigenvalue weighted by Crippen LogP contribution is 2.32. The monoisotopic (exact) mass is 339 g/mol. The van der Waals surface area contributed by atoms with Crippen LogP contribution in [0.1, 0.15) is 53.9 Å². The van der Waals surface area contributed by atoms with Crippen LogP contribution in [0.4, 0.5) is 4.79 Å². The Balaban J connectivity index is 1.79. The summed E-state index contributed by atoms with van der Waals surface area (Å²) in [5, 5.41) is 5.60. The molecule has 7 heteroatoms. The maximum atomic E-state index is 12.4. The van der Waals surface area contributed by atoms with Crippen LogP contribution >= 0.6 is 0 Å². The lowest BCUT2D eigenvalue weighted by Crippen LogP contribution is -2.53. The molecule has 2 N–H and O–H groups in total. The number of nitrogens with one attached hydrogen (secondary N) is 2. The van der Waals surface area contributed by atoms with E-state index in [-0.39, 0.29) is 30.7 Å². The van der Waals surface area contributed by atoms with E-state index in [1.54, 1.807) is 20.8 Å². The van der Waals surface area contributed by atoms with E-state index < -0.39 is 17.2 Å². The molecule has 0 aromatic carbocycles. The van der Waals surface area contributed by atoms with Crippen LogP contribution in [0.2, 0.25) is 0 Å². The lowest BCUT2D eigenvalue weighted by atomic mass is 10.0. The van der Waals surface area contributed by atoms with Crippen molar-refractivity contribution in [3.8, 4) is 0 Å². The molecule has 0 aromatic rings. The van der Waals surface area contributed by atoms with Gasteiger partial charge in [-0.1, -0.05) is 0 Å². The molecule has 2 fully saturated rings. The predicted molar refractivity (Wildman–Crippen MR) is 89.3 cm³/mol. The highest BCUT2D eigenvalue weighted by Gasteiger charge is 2.42. The fourth-order valence-corrected chi connectivity index (χ4v) is 2.73. The summed E-state index contributed by atoms with van der Waals surface area (Å²) >= 11 is 0. The van der Waals surface area contributed by atoms with Gasteiger partial charge >= 0.3 is 6.09 Å². The van der Waals surface area contributed by atoms with E-state index in [0.29, 0.717) is 12.6 Å². The van der Waals surface area contributed by atoms with E-state index in [4.69, 9.17) is 4.74 Å². The van der Waals surface area contributed by atoms with Gasteiger partial charge in [0.25, 0.3) is 0 Å². The molecule has 1 heterocycles. The van der Waals surface area contributed by atoms with Crippen molar-refractivity contribution in [1.29, 1.82) is 0 Å². The zero-order valence-corrected chi connectivity index (χ0v) is 15.3. The smallest absolute Gasteiger partial charge is 0.407 e. The molecule has 0 unspecified atom stereocenters. The third kappa shape index (κ3) is 5.39. The molecule has 1 aliphatic carbocycles. The normalized spacial score (nSPS) is 21.6. The lowest BCUT2D eigenvalue weighted by Gasteiger charge is -2.29. The number of nitrogens with zero attached hydrogens (tertiary/aromatic N) is 1. The zero-order chi connectivity index (χ0) is 18.1. The molecule has 1 saturated carbocycles. The number of carbonyl (C=O) groups is 3. The van der Waals surface area contributed by atoms with Crippen LogP contribution in [-0.2, 0) is 14.3 Å². The Kier molecular flexibility index (Phi) is 5.11. The SMILES string of the molecule is CC(C)(CNC(=O)OC(C)(C)C)NC(=O)[C@@H]1CC(=O)N(C2CC2)C1. The number of likely N-dealkylation sites (tertiary alicyclic amines) is 1. The molecule has 1 aliphatic heterocycles. The fraction of sp³-hybridized carbons (Fsp3) is 0.824. The average molecular weight is 339 g/mol. The topological polar surface area (TPSA) is 87.7 Å². The van der Waals surface area contributed by atoms with Crippen LogP contribution in [0.5, 0.6) is 0 Å². The summed E-state index contributed by atoms with van der Waals surface area (Å²) in [4.78, 5) is 37.9. The summed E-state index contributed by atoms with van der Waals surface area (Å²) < 4.78 is 5.19. The standard InChI is InChI=1S/C17H29N3O4/c1-16(2,3)24-15(23)18-10-17(4,5)19-14(22)11-8-13(21)20(9-11)12-6-7-12/h11-12H,6-10H2,1-5H3,(H,18,23)(H,19,22)/t11-/m1/s1. The highest BCUT2D eigenvalue weighted by atomic mass is 16.6. The minimum absolute atomic E-state index is 0.0716. The van der Waals surface area contributed by atoms with E-state index in [1.165, 1.54) is 0 Å². The van der Waals surface area contributed by atoms with Gasteiger partial charge in [0.2, 0.25) is 11.8 Å². The molecular weight excluding hydrogens is 310 g/mol. The van der Waals surface area contributed by atoms with Gasteiger partial charge in [-0.2, -0.15) is 0 Å². The number of amides is 3. The van der Waals surface area contributed by atoms with Crippen LogP contribution in [-0.4, -0.2) is 53.1 Å². The van der Waals surface area contributed by atoms with Crippen LogP contribution in [0.25, 0.3) is 0 Å². The van der Waals surface area contributed by atoms with Gasteiger partial charge in [0.1, 0.15) is 5.60 Å². The van der Waals surface area contributed by atoms with E-state index in [9.17, 15) is 14.4 Å². The van der Waals surface area contributed by atoms with Gasteiger partial charge in [0.05, 0.1) is 11.5 Å². The van der Waals surface area contributed by atoms with Crippen molar-refractivity contribution in [1.82, 2.24) is 15.5 Å². The van der Waals surface area contributed by atoms with Crippen LogP contribution in [0.15, 0.2) is 0 Å². The first kappa shape index (κ1) is 18.5. The average Bonchev–Trinajstić information content (AvgIpc) is 3.17. The summed E-state index contributed by atoms with van der Waals surface area (Å²) in [5.74, 6) is -0.372. The van der Waals surface area contributed by atoms with Gasteiger partial charge < -0.3 is 20.3 Å². The molecular formula is C17H29N3O4. The number of alkyl carbamates (subject to hydrolysis) is 1. The van der Waals surface area contributed by atoms with Crippen LogP contribution in [0, 0.1) is 5.92 Å². The molecule has 7 nitrogen and oxygen atoms in total. The van der Waals surface area contributed by atoms with Crippen molar-refractivity contribution in [3.05, 3.63) is 0 Å². The first-order valence-electron chi connectivity index (χ1n) is 8.55. The third-order valence-electron chi connectivity index (χ3n) is 4.05. The van der Waals surface area contributed by atoms with E-state index in [1.807, 2.05) is 18.7 Å². The quantitative estimate of drug-likeness (QED) is 0.793. The summed E-state index contributed by atoms with van der Waals surface area (Å²) in [5.41, 5.74) is -1.18. The number of hydrogen-bond acceptors (Lipinski definition) is 4. The second-order valence-corrected chi connectivity index (χ2v) is 8.41. The second-order valence-electron chi connectivity index (χ2n) is 8.41. The Morgan fingerprint density at radius 3 is 2.38 bits per heavy atom. The molecule has 2 rings (SSSR count). The molecule has 24 heavy (non-hydrogen) atoms. The Hall–Kier alpha value is -1.79. The summed E-state index contributed by atoms with van der Waals surface area (Å²) in [6.07, 6.45) is 1.86. The molecule has 136 valence electrons. The Morgan fingerprint density at radius 1 is 1.21 bits per heavy atom. The van der Waals surface area contributed by atoms with Gasteiger partial charge in [0, 0.05) is 25.6 Å². The van der Waals surface area contributed by atoms with E-state index in [2.05, 4.69) is 10.6 Å². The molecule has 1 atom stereocenters. The molecule has 3 amide bonds. The summed E-state index contributed by atoms with van der Waals surface area (Å²) in [6.45, 7) is 9.80. The Labute approximate surface area is 143 Å². The van der Waals surface area contributed by atoms with Gasteiger partial charge in [0.15, 0.2) is 0 Å². The zero-order valence-electron chi connectivity index (χ0n) is 15.3. The summed E-state index contributed by atoms with van der Waals surface area (Å²) in [7, 11) is 0. The van der Waals surface area contributed by atoms with E-state index >= 15 is 0 Å². The van der Waals surface area contributed by atoms with Crippen LogP contribution < -0.4 is 10.6 Å². The molecule has 0 aromatic heterocycles. The minimum atomic E-state index is -0.621. The minimum Gasteiger partial charge on any atom is -0.444 e. The van der Waals surface area contributed by atoms with Gasteiger partial charge in [-0.15, -0.1) is 0 Å². The largest absolute Gasteiger partial charge is 0.444 e. The maximum absolute atomic E-state index is 12.4. The number of carbonyl (C=O) groups excluding carboxylic acids is 3. The first-order chi connectivity index (χ1) is 11.0. The lowest BCUT2D eigenvalue weighted by molar-refractivity contribution is -0.129. The second kappa shape index (κ2) is 6.61. The Morgan fingerprint density at radius 2 is 1.83 bits per heavy atom.